The van der Waals surface area contributed by atoms with Crippen LogP contribution in [0.5, 0.6) is 11.5 Å². The molecule has 13 heteroatoms. The van der Waals surface area contributed by atoms with E-state index in [1.165, 1.54) is 0 Å². The molecule has 2 aromatic carbocycles. The fourth-order valence-corrected chi connectivity index (χ4v) is 8.55. The standard InChI is InChI=1S/C38H42ClF2N3O6S/c1-22-34(48-5)25(14-16-42-22)19-43(26-10-11-26)36(45)32-28(18-27-20-51(47)21-31(32)44(27)37(46)50-38(2,3)4)24-8-6-23(7-9-24)15-17-49-35-30(41)13-12-29(40)33(35)39/h6-9,12-14,16,26-27,31H,10-11,15,17-21H2,1-5H3. The summed E-state index contributed by atoms with van der Waals surface area (Å²) in [7, 11) is 0.326. The maximum Gasteiger partial charge on any atom is 0.411 e. The predicted molar refractivity (Wildman–Crippen MR) is 191 cm³/mol. The fourth-order valence-electron chi connectivity index (χ4n) is 6.82. The molecule has 3 aromatic rings. The van der Waals surface area contributed by atoms with Crippen molar-refractivity contribution in [3.8, 4) is 11.5 Å². The number of benzene rings is 2. The summed E-state index contributed by atoms with van der Waals surface area (Å²) in [6, 6.07) is 10.2. The summed E-state index contributed by atoms with van der Waals surface area (Å²) in [4.78, 5) is 36.6. The maximum atomic E-state index is 15.0. The molecular formula is C38H42ClF2N3O6S. The van der Waals surface area contributed by atoms with E-state index in [1.54, 1.807) is 39.0 Å². The number of fused-ring (bicyclic) bond motifs is 2. The average Bonchev–Trinajstić information content (AvgIpc) is 3.91. The molecule has 3 heterocycles. The van der Waals surface area contributed by atoms with Crippen LogP contribution in [0.3, 0.4) is 0 Å². The van der Waals surface area contributed by atoms with Gasteiger partial charge >= 0.3 is 6.09 Å². The molecule has 2 amide bonds. The molecule has 51 heavy (non-hydrogen) atoms. The Morgan fingerprint density at radius 2 is 1.75 bits per heavy atom. The lowest BCUT2D eigenvalue weighted by atomic mass is 9.84. The van der Waals surface area contributed by atoms with Gasteiger partial charge in [0, 0.05) is 52.1 Å². The van der Waals surface area contributed by atoms with Gasteiger partial charge in [-0.2, -0.15) is 0 Å². The van der Waals surface area contributed by atoms with Gasteiger partial charge in [-0.1, -0.05) is 35.9 Å². The topological polar surface area (TPSA) is 98.3 Å². The zero-order valence-electron chi connectivity index (χ0n) is 29.3. The van der Waals surface area contributed by atoms with Crippen molar-refractivity contribution in [2.45, 2.75) is 83.6 Å². The molecule has 272 valence electrons. The monoisotopic (exact) mass is 741 g/mol. The Hall–Kier alpha value is -4.03. The highest BCUT2D eigenvalue weighted by Gasteiger charge is 2.49. The first-order chi connectivity index (χ1) is 24.3. The third kappa shape index (κ3) is 8.07. The van der Waals surface area contributed by atoms with Gasteiger partial charge in [0.05, 0.1) is 38.0 Å². The van der Waals surface area contributed by atoms with Crippen LogP contribution in [0, 0.1) is 18.6 Å². The van der Waals surface area contributed by atoms with Crippen molar-refractivity contribution in [3.05, 3.63) is 93.3 Å². The molecule has 0 spiro atoms. The third-order valence-corrected chi connectivity index (χ3v) is 11.1. The van der Waals surface area contributed by atoms with Crippen molar-refractivity contribution in [1.29, 1.82) is 0 Å². The number of ether oxygens (including phenoxy) is 3. The van der Waals surface area contributed by atoms with E-state index in [-0.39, 0.29) is 42.4 Å². The van der Waals surface area contributed by atoms with Crippen LogP contribution in [0.15, 0.2) is 54.2 Å². The first-order valence-electron chi connectivity index (χ1n) is 17.0. The number of halogens is 3. The number of amides is 2. The van der Waals surface area contributed by atoms with E-state index in [1.807, 2.05) is 42.2 Å². The molecule has 0 radical (unpaired) electrons. The molecule has 2 bridgehead atoms. The van der Waals surface area contributed by atoms with E-state index in [0.29, 0.717) is 29.9 Å². The van der Waals surface area contributed by atoms with Crippen LogP contribution < -0.4 is 9.47 Å². The normalized spacial score (nSPS) is 20.2. The molecule has 2 fully saturated rings. The molecule has 9 nitrogen and oxygen atoms in total. The summed E-state index contributed by atoms with van der Waals surface area (Å²) in [5.41, 5.74) is 3.69. The SMILES string of the molecule is COc1c(CN(C(=O)C2=C(c3ccc(CCOc4c(F)ccc(F)c4Cl)cc3)CC3CS(=O)CC2N3C(=O)OC(C)(C)C)C2CC2)ccnc1C. The Kier molecular flexibility index (Phi) is 10.7. The molecule has 2 aliphatic heterocycles. The van der Waals surface area contributed by atoms with Crippen LogP contribution in [0.1, 0.15) is 62.4 Å². The lowest BCUT2D eigenvalue weighted by Gasteiger charge is -2.47. The summed E-state index contributed by atoms with van der Waals surface area (Å²) in [5.74, 6) is -1.06. The van der Waals surface area contributed by atoms with Gasteiger partial charge in [-0.25, -0.2) is 13.6 Å². The molecule has 1 aromatic heterocycles. The van der Waals surface area contributed by atoms with Crippen LogP contribution in [-0.4, -0.2) is 79.9 Å². The second-order valence-corrected chi connectivity index (χ2v) is 16.1. The van der Waals surface area contributed by atoms with E-state index in [2.05, 4.69) is 4.98 Å². The van der Waals surface area contributed by atoms with Crippen molar-refractivity contribution in [2.75, 3.05) is 25.2 Å². The number of methoxy groups -OCH3 is 1. The first kappa shape index (κ1) is 36.8. The Balaban J connectivity index is 1.35. The molecule has 6 rings (SSSR count). The Morgan fingerprint density at radius 3 is 2.41 bits per heavy atom. The minimum absolute atomic E-state index is 0.00465. The summed E-state index contributed by atoms with van der Waals surface area (Å²) in [6.45, 7) is 7.59. The van der Waals surface area contributed by atoms with E-state index < -0.39 is 51.2 Å². The van der Waals surface area contributed by atoms with Crippen LogP contribution in [0.25, 0.3) is 5.57 Å². The molecule has 3 unspecified atom stereocenters. The molecule has 3 atom stereocenters. The van der Waals surface area contributed by atoms with Crippen LogP contribution in [-0.2, 0) is 33.3 Å². The second-order valence-electron chi connectivity index (χ2n) is 14.1. The van der Waals surface area contributed by atoms with Gasteiger partial charge in [0.1, 0.15) is 22.2 Å². The van der Waals surface area contributed by atoms with Gasteiger partial charge in [0.2, 0.25) is 0 Å². The number of aromatic nitrogens is 1. The smallest absolute Gasteiger partial charge is 0.411 e. The van der Waals surface area contributed by atoms with Crippen LogP contribution >= 0.6 is 11.6 Å². The molecule has 1 aliphatic carbocycles. The van der Waals surface area contributed by atoms with E-state index in [9.17, 15) is 22.6 Å². The number of carbonyl (C=O) groups excluding carboxylic acids is 2. The van der Waals surface area contributed by atoms with Gasteiger partial charge in [0.25, 0.3) is 5.91 Å². The van der Waals surface area contributed by atoms with Gasteiger partial charge in [-0.15, -0.1) is 0 Å². The van der Waals surface area contributed by atoms with E-state index in [0.717, 1.165) is 47.2 Å². The highest BCUT2D eigenvalue weighted by atomic mass is 35.5. The average molecular weight is 742 g/mol. The number of hydrogen-bond donors (Lipinski definition) is 0. The number of aryl methyl sites for hydroxylation is 1. The van der Waals surface area contributed by atoms with Crippen molar-refractivity contribution >= 4 is 40.0 Å². The van der Waals surface area contributed by atoms with Crippen molar-refractivity contribution < 1.29 is 36.8 Å². The third-order valence-electron chi connectivity index (χ3n) is 9.28. The Labute approximate surface area is 304 Å². The predicted octanol–water partition coefficient (Wildman–Crippen LogP) is 7.04. The summed E-state index contributed by atoms with van der Waals surface area (Å²) in [5, 5.41) is -0.406. The maximum absolute atomic E-state index is 15.0. The van der Waals surface area contributed by atoms with Crippen LogP contribution in [0.4, 0.5) is 13.6 Å². The Bertz CT molecular complexity index is 1880. The number of hydrogen-bond acceptors (Lipinski definition) is 7. The van der Waals surface area contributed by atoms with Gasteiger partial charge in [-0.05, 0) is 81.9 Å². The largest absolute Gasteiger partial charge is 0.494 e. The number of carbonyl (C=O) groups is 2. The second kappa shape index (κ2) is 14.9. The van der Waals surface area contributed by atoms with E-state index in [4.69, 9.17) is 25.8 Å². The molecule has 0 N–H and O–H groups in total. The quantitative estimate of drug-likeness (QED) is 0.206. The fraction of sp³-hybridized carbons (Fsp3) is 0.447. The highest BCUT2D eigenvalue weighted by Crippen LogP contribution is 2.42. The number of nitrogens with zero attached hydrogens (tertiary/aromatic N) is 3. The molecule has 1 saturated carbocycles. The number of rotatable bonds is 10. The Morgan fingerprint density at radius 1 is 1.04 bits per heavy atom. The zero-order chi connectivity index (χ0) is 36.6. The molecule has 1 saturated heterocycles. The molecular weight excluding hydrogens is 700 g/mol. The first-order valence-corrected chi connectivity index (χ1v) is 18.9. The van der Waals surface area contributed by atoms with Crippen molar-refractivity contribution in [2.24, 2.45) is 0 Å². The summed E-state index contributed by atoms with van der Waals surface area (Å²) < 4.78 is 58.4. The van der Waals surface area contributed by atoms with Gasteiger partial charge < -0.3 is 19.1 Å². The van der Waals surface area contributed by atoms with Crippen molar-refractivity contribution in [3.63, 3.8) is 0 Å². The lowest BCUT2D eigenvalue weighted by Crippen LogP contribution is -2.61. The molecule has 3 aliphatic rings. The minimum atomic E-state index is -1.26. The van der Waals surface area contributed by atoms with Crippen LogP contribution in [0.2, 0.25) is 5.02 Å². The summed E-state index contributed by atoms with van der Waals surface area (Å²) >= 11 is 5.91. The minimum Gasteiger partial charge on any atom is -0.494 e. The van der Waals surface area contributed by atoms with Gasteiger partial charge in [0.15, 0.2) is 11.6 Å². The zero-order valence-corrected chi connectivity index (χ0v) is 30.9. The van der Waals surface area contributed by atoms with Crippen molar-refractivity contribution in [1.82, 2.24) is 14.8 Å². The van der Waals surface area contributed by atoms with E-state index >= 15 is 0 Å². The van der Waals surface area contributed by atoms with Gasteiger partial charge in [-0.3, -0.25) is 18.9 Å². The number of pyridine rings is 1. The summed E-state index contributed by atoms with van der Waals surface area (Å²) in [6.07, 6.45) is 3.56. The lowest BCUT2D eigenvalue weighted by molar-refractivity contribution is -0.129. The highest BCUT2D eigenvalue weighted by molar-refractivity contribution is 7.85.